The molecule has 2 nitrogen and oxygen atoms in total. The molecule has 0 aromatic rings. The van der Waals surface area contributed by atoms with Crippen molar-refractivity contribution in [2.45, 2.75) is 47.2 Å². The second kappa shape index (κ2) is 4.15. The van der Waals surface area contributed by atoms with Gasteiger partial charge in [-0.25, -0.2) is 0 Å². The third kappa shape index (κ3) is 2.26. The number of rotatable bonds is 0. The monoisotopic (exact) mass is 279 g/mol. The standard InChI is InChI=1S/C8H12Cl3NO.ClH/c9-8(10,11)7(13)3-5-1-2-6(4-7)12-5;/h5-6,12-13H,1-4H2;1H/t5-,6+,7?;. The lowest BCUT2D eigenvalue weighted by Gasteiger charge is -2.41. The van der Waals surface area contributed by atoms with Gasteiger partial charge in [0.2, 0.25) is 3.79 Å². The highest BCUT2D eigenvalue weighted by molar-refractivity contribution is 6.68. The molecule has 0 radical (unpaired) electrons. The van der Waals surface area contributed by atoms with Crippen LogP contribution in [0.5, 0.6) is 0 Å². The van der Waals surface area contributed by atoms with Gasteiger partial charge in [0, 0.05) is 12.1 Å². The van der Waals surface area contributed by atoms with Gasteiger partial charge in [-0.2, -0.15) is 0 Å². The molecule has 0 aromatic heterocycles. The second-order valence-corrected chi connectivity index (χ2v) is 6.36. The summed E-state index contributed by atoms with van der Waals surface area (Å²) in [5.74, 6) is 0. The topological polar surface area (TPSA) is 32.3 Å². The molecule has 2 heterocycles. The van der Waals surface area contributed by atoms with Gasteiger partial charge in [-0.05, 0) is 25.7 Å². The molecule has 2 saturated heterocycles. The van der Waals surface area contributed by atoms with E-state index in [-0.39, 0.29) is 12.4 Å². The molecule has 2 N–H and O–H groups in total. The summed E-state index contributed by atoms with van der Waals surface area (Å²) >= 11 is 17.3. The van der Waals surface area contributed by atoms with Crippen LogP contribution < -0.4 is 5.32 Å². The lowest BCUT2D eigenvalue weighted by molar-refractivity contribution is -0.00306. The van der Waals surface area contributed by atoms with Gasteiger partial charge in [0.05, 0.1) is 0 Å². The maximum Gasteiger partial charge on any atom is 0.218 e. The zero-order valence-corrected chi connectivity index (χ0v) is 10.6. The van der Waals surface area contributed by atoms with Gasteiger partial charge < -0.3 is 10.4 Å². The maximum atomic E-state index is 10.2. The minimum Gasteiger partial charge on any atom is -0.385 e. The van der Waals surface area contributed by atoms with Gasteiger partial charge in [-0.1, -0.05) is 34.8 Å². The van der Waals surface area contributed by atoms with Crippen molar-refractivity contribution >= 4 is 47.2 Å². The van der Waals surface area contributed by atoms with Crippen molar-refractivity contribution in [3.8, 4) is 0 Å². The van der Waals surface area contributed by atoms with Gasteiger partial charge in [0.1, 0.15) is 5.60 Å². The average Bonchev–Trinajstić information content (AvgIpc) is 2.28. The molecule has 84 valence electrons. The van der Waals surface area contributed by atoms with E-state index < -0.39 is 9.39 Å². The highest BCUT2D eigenvalue weighted by Gasteiger charge is 2.53. The Kier molecular flexibility index (Phi) is 3.90. The molecule has 3 atom stereocenters. The van der Waals surface area contributed by atoms with Crippen LogP contribution in [-0.2, 0) is 0 Å². The Hall–Kier alpha value is 1.08. The number of hydrogen-bond acceptors (Lipinski definition) is 2. The predicted molar refractivity (Wildman–Crippen MR) is 61.7 cm³/mol. The fourth-order valence-corrected chi connectivity index (χ4v) is 2.82. The molecule has 2 aliphatic rings. The zero-order valence-electron chi connectivity index (χ0n) is 7.47. The van der Waals surface area contributed by atoms with Crippen LogP contribution in [0.15, 0.2) is 0 Å². The molecule has 2 bridgehead atoms. The van der Waals surface area contributed by atoms with Crippen molar-refractivity contribution in [3.63, 3.8) is 0 Å². The van der Waals surface area contributed by atoms with Crippen molar-refractivity contribution in [2.75, 3.05) is 0 Å². The lowest BCUT2D eigenvalue weighted by Crippen LogP contribution is -2.55. The first-order valence-electron chi connectivity index (χ1n) is 4.46. The summed E-state index contributed by atoms with van der Waals surface area (Å²) in [5, 5.41) is 13.5. The van der Waals surface area contributed by atoms with Gasteiger partial charge >= 0.3 is 0 Å². The fourth-order valence-electron chi connectivity index (χ4n) is 2.35. The Balaban J connectivity index is 0.000000980. The number of alkyl halides is 3. The molecular formula is C8H13Cl4NO. The zero-order chi connectivity index (χ0) is 9.69. The molecule has 1 unspecified atom stereocenters. The SMILES string of the molecule is Cl.OC1(C(Cl)(Cl)Cl)C[C@H]2CC[C@@H](C1)N2. The number of nitrogens with one attached hydrogen (secondary N) is 1. The summed E-state index contributed by atoms with van der Waals surface area (Å²) < 4.78 is -1.56. The minimum atomic E-state index is -1.56. The fraction of sp³-hybridized carbons (Fsp3) is 1.00. The molecule has 0 saturated carbocycles. The van der Waals surface area contributed by atoms with Crippen LogP contribution in [0.2, 0.25) is 0 Å². The Bertz CT molecular complexity index is 206. The Morgan fingerprint density at radius 2 is 1.57 bits per heavy atom. The van der Waals surface area contributed by atoms with E-state index in [0.717, 1.165) is 12.8 Å². The van der Waals surface area contributed by atoms with Crippen LogP contribution in [-0.4, -0.2) is 26.6 Å². The van der Waals surface area contributed by atoms with Crippen LogP contribution >= 0.6 is 47.2 Å². The number of aliphatic hydroxyl groups is 1. The lowest BCUT2D eigenvalue weighted by atomic mass is 9.89. The van der Waals surface area contributed by atoms with Crippen molar-refractivity contribution in [3.05, 3.63) is 0 Å². The van der Waals surface area contributed by atoms with E-state index >= 15 is 0 Å². The second-order valence-electron chi connectivity index (χ2n) is 4.08. The summed E-state index contributed by atoms with van der Waals surface area (Å²) in [5.41, 5.74) is -1.14. The van der Waals surface area contributed by atoms with Gasteiger partial charge in [0.25, 0.3) is 0 Å². The van der Waals surface area contributed by atoms with E-state index in [1.807, 2.05) is 0 Å². The summed E-state index contributed by atoms with van der Waals surface area (Å²) in [6.07, 6.45) is 3.24. The highest BCUT2D eigenvalue weighted by atomic mass is 35.6. The maximum absolute atomic E-state index is 10.2. The molecule has 2 rings (SSSR count). The largest absolute Gasteiger partial charge is 0.385 e. The van der Waals surface area contributed by atoms with Crippen LogP contribution in [0.3, 0.4) is 0 Å². The van der Waals surface area contributed by atoms with Crippen molar-refractivity contribution < 1.29 is 5.11 Å². The first-order chi connectivity index (χ1) is 5.91. The van der Waals surface area contributed by atoms with Crippen LogP contribution in [0.25, 0.3) is 0 Å². The van der Waals surface area contributed by atoms with Crippen LogP contribution in [0, 0.1) is 0 Å². The van der Waals surface area contributed by atoms with Crippen LogP contribution in [0.1, 0.15) is 25.7 Å². The first-order valence-corrected chi connectivity index (χ1v) is 5.59. The van der Waals surface area contributed by atoms with Crippen molar-refractivity contribution in [2.24, 2.45) is 0 Å². The molecule has 2 fully saturated rings. The summed E-state index contributed by atoms with van der Waals surface area (Å²) in [4.78, 5) is 0. The van der Waals surface area contributed by atoms with Crippen LogP contribution in [0.4, 0.5) is 0 Å². The van der Waals surface area contributed by atoms with Gasteiger partial charge in [-0.3, -0.25) is 0 Å². The minimum absolute atomic E-state index is 0. The predicted octanol–water partition coefficient (Wildman–Crippen LogP) is 2.42. The first kappa shape index (κ1) is 13.1. The average molecular weight is 281 g/mol. The van der Waals surface area contributed by atoms with E-state index in [0.29, 0.717) is 24.9 Å². The Morgan fingerprint density at radius 1 is 1.14 bits per heavy atom. The van der Waals surface area contributed by atoms with E-state index in [4.69, 9.17) is 34.8 Å². The number of halogens is 4. The third-order valence-electron chi connectivity index (χ3n) is 3.03. The molecular weight excluding hydrogens is 268 g/mol. The number of piperidine rings is 1. The summed E-state index contributed by atoms with van der Waals surface area (Å²) in [6, 6.07) is 0.638. The van der Waals surface area contributed by atoms with E-state index in [1.54, 1.807) is 0 Å². The number of fused-ring (bicyclic) bond motifs is 2. The van der Waals surface area contributed by atoms with Gasteiger partial charge in [-0.15, -0.1) is 12.4 Å². The molecule has 0 amide bonds. The summed E-state index contributed by atoms with van der Waals surface area (Å²) in [7, 11) is 0. The van der Waals surface area contributed by atoms with Crippen molar-refractivity contribution in [1.29, 1.82) is 0 Å². The molecule has 14 heavy (non-hydrogen) atoms. The van der Waals surface area contributed by atoms with Gasteiger partial charge in [0.15, 0.2) is 0 Å². The Labute approximate surface area is 105 Å². The molecule has 0 aromatic carbocycles. The molecule has 6 heteroatoms. The van der Waals surface area contributed by atoms with E-state index in [1.165, 1.54) is 0 Å². The summed E-state index contributed by atoms with van der Waals surface area (Å²) in [6.45, 7) is 0. The third-order valence-corrected chi connectivity index (χ3v) is 4.09. The highest BCUT2D eigenvalue weighted by Crippen LogP contribution is 2.48. The Morgan fingerprint density at radius 3 is 1.93 bits per heavy atom. The number of hydrogen-bond donors (Lipinski definition) is 2. The normalized spacial score (nSPS) is 42.0. The quantitative estimate of drug-likeness (QED) is 0.668. The van der Waals surface area contributed by atoms with Crippen molar-refractivity contribution in [1.82, 2.24) is 5.32 Å². The van der Waals surface area contributed by atoms with E-state index in [9.17, 15) is 5.11 Å². The van der Waals surface area contributed by atoms with E-state index in [2.05, 4.69) is 5.32 Å². The smallest absolute Gasteiger partial charge is 0.218 e. The molecule has 0 aliphatic carbocycles. The molecule has 2 aliphatic heterocycles. The molecule has 0 spiro atoms.